The van der Waals surface area contributed by atoms with E-state index in [1.54, 1.807) is 19.1 Å². The Bertz CT molecular complexity index is 745. The summed E-state index contributed by atoms with van der Waals surface area (Å²) in [6.07, 6.45) is 4.07. The van der Waals surface area contributed by atoms with E-state index in [1.165, 1.54) is 36.1 Å². The number of ether oxygens (including phenoxy) is 2. The van der Waals surface area contributed by atoms with Gasteiger partial charge in [-0.25, -0.2) is 4.39 Å². The van der Waals surface area contributed by atoms with Crippen molar-refractivity contribution in [3.05, 3.63) is 59.4 Å². The smallest absolute Gasteiger partial charge is 0.260 e. The third-order valence-corrected chi connectivity index (χ3v) is 4.49. The standard InChI is InChI=1S/C21H24FNO3/c1-15(26-20-9-6-16-4-2-3-5-17(16)14-20)21(24)23-12-13-25-19-10-7-18(22)8-11-19/h6-11,14-15H,2-5,12-13H2,1H3,(H,23,24)/t15-/m0/s1. The average Bonchev–Trinajstić information content (AvgIpc) is 2.66. The Morgan fingerprint density at radius 3 is 2.54 bits per heavy atom. The minimum atomic E-state index is -0.581. The van der Waals surface area contributed by atoms with Crippen molar-refractivity contribution in [3.63, 3.8) is 0 Å². The highest BCUT2D eigenvalue weighted by Gasteiger charge is 2.16. The van der Waals surface area contributed by atoms with E-state index in [1.807, 2.05) is 6.07 Å². The summed E-state index contributed by atoms with van der Waals surface area (Å²) in [5.74, 6) is 0.805. The van der Waals surface area contributed by atoms with Gasteiger partial charge in [-0.15, -0.1) is 0 Å². The molecule has 2 aromatic rings. The molecular weight excluding hydrogens is 333 g/mol. The maximum Gasteiger partial charge on any atom is 0.260 e. The Morgan fingerprint density at radius 2 is 1.77 bits per heavy atom. The van der Waals surface area contributed by atoms with Crippen LogP contribution in [0.3, 0.4) is 0 Å². The van der Waals surface area contributed by atoms with Crippen molar-refractivity contribution < 1.29 is 18.7 Å². The van der Waals surface area contributed by atoms with Crippen LogP contribution in [0.2, 0.25) is 0 Å². The molecule has 0 unspecified atom stereocenters. The van der Waals surface area contributed by atoms with Crippen molar-refractivity contribution in [3.8, 4) is 11.5 Å². The Labute approximate surface area is 153 Å². The molecule has 1 aliphatic carbocycles. The van der Waals surface area contributed by atoms with Crippen LogP contribution < -0.4 is 14.8 Å². The number of halogens is 1. The van der Waals surface area contributed by atoms with Crippen molar-refractivity contribution in [2.45, 2.75) is 38.7 Å². The summed E-state index contributed by atoms with van der Waals surface area (Å²) in [6, 6.07) is 11.9. The zero-order valence-corrected chi connectivity index (χ0v) is 15.0. The second-order valence-electron chi connectivity index (χ2n) is 6.49. The lowest BCUT2D eigenvalue weighted by molar-refractivity contribution is -0.127. The molecule has 0 radical (unpaired) electrons. The van der Waals surface area contributed by atoms with Crippen LogP contribution in [0.15, 0.2) is 42.5 Å². The number of fused-ring (bicyclic) bond motifs is 1. The molecule has 0 heterocycles. The van der Waals surface area contributed by atoms with Gasteiger partial charge in [0.15, 0.2) is 6.10 Å². The molecule has 0 saturated heterocycles. The Balaban J connectivity index is 1.42. The van der Waals surface area contributed by atoms with Crippen LogP contribution in [0.5, 0.6) is 11.5 Å². The van der Waals surface area contributed by atoms with E-state index in [2.05, 4.69) is 17.4 Å². The molecule has 1 N–H and O–H groups in total. The summed E-state index contributed by atoms with van der Waals surface area (Å²) >= 11 is 0. The normalized spacial score (nSPS) is 14.2. The van der Waals surface area contributed by atoms with E-state index < -0.39 is 6.10 Å². The number of carbonyl (C=O) groups is 1. The fourth-order valence-electron chi connectivity index (χ4n) is 3.06. The third kappa shape index (κ3) is 4.97. The molecule has 3 rings (SSSR count). The second kappa shape index (κ2) is 8.70. The van der Waals surface area contributed by atoms with Crippen LogP contribution in [0.25, 0.3) is 0 Å². The number of rotatable bonds is 7. The summed E-state index contributed by atoms with van der Waals surface area (Å²) in [6.45, 7) is 2.40. The van der Waals surface area contributed by atoms with Gasteiger partial charge in [-0.2, -0.15) is 0 Å². The molecule has 2 aromatic carbocycles. The summed E-state index contributed by atoms with van der Waals surface area (Å²) in [5.41, 5.74) is 2.72. The molecular formula is C21H24FNO3. The van der Waals surface area contributed by atoms with E-state index in [9.17, 15) is 9.18 Å². The van der Waals surface area contributed by atoms with Crippen LogP contribution in [-0.4, -0.2) is 25.2 Å². The lowest BCUT2D eigenvalue weighted by atomic mass is 9.92. The SMILES string of the molecule is C[C@H](Oc1ccc2c(c1)CCCC2)C(=O)NCCOc1ccc(F)cc1. The van der Waals surface area contributed by atoms with Gasteiger partial charge in [0.25, 0.3) is 5.91 Å². The number of carbonyl (C=O) groups excluding carboxylic acids is 1. The number of benzene rings is 2. The Kier molecular flexibility index (Phi) is 6.10. The van der Waals surface area contributed by atoms with Crippen molar-refractivity contribution in [2.24, 2.45) is 0 Å². The fraction of sp³-hybridized carbons (Fsp3) is 0.381. The fourth-order valence-corrected chi connectivity index (χ4v) is 3.06. The number of nitrogens with one attached hydrogen (secondary N) is 1. The van der Waals surface area contributed by atoms with Gasteiger partial charge in [0.2, 0.25) is 0 Å². The predicted octanol–water partition coefficient (Wildman–Crippen LogP) is 3.67. The molecule has 5 heteroatoms. The van der Waals surface area contributed by atoms with E-state index >= 15 is 0 Å². The van der Waals surface area contributed by atoms with Crippen molar-refractivity contribution in [1.82, 2.24) is 5.32 Å². The van der Waals surface area contributed by atoms with Gasteiger partial charge in [0, 0.05) is 0 Å². The number of amides is 1. The summed E-state index contributed by atoms with van der Waals surface area (Å²) in [7, 11) is 0. The van der Waals surface area contributed by atoms with Crippen molar-refractivity contribution in [1.29, 1.82) is 0 Å². The molecule has 1 amide bonds. The highest BCUT2D eigenvalue weighted by atomic mass is 19.1. The lowest BCUT2D eigenvalue weighted by Gasteiger charge is -2.19. The molecule has 1 atom stereocenters. The van der Waals surface area contributed by atoms with Crippen LogP contribution >= 0.6 is 0 Å². The van der Waals surface area contributed by atoms with Crippen molar-refractivity contribution in [2.75, 3.05) is 13.2 Å². The van der Waals surface area contributed by atoms with Crippen LogP contribution in [0.4, 0.5) is 4.39 Å². The molecule has 4 nitrogen and oxygen atoms in total. The number of hydrogen-bond donors (Lipinski definition) is 1. The zero-order valence-electron chi connectivity index (χ0n) is 15.0. The quantitative estimate of drug-likeness (QED) is 0.769. The summed E-state index contributed by atoms with van der Waals surface area (Å²) in [4.78, 5) is 12.2. The first-order chi connectivity index (χ1) is 12.6. The number of aryl methyl sites for hydroxylation is 2. The molecule has 0 saturated carbocycles. The summed E-state index contributed by atoms with van der Waals surface area (Å²) in [5, 5.41) is 2.78. The minimum Gasteiger partial charge on any atom is -0.492 e. The minimum absolute atomic E-state index is 0.189. The molecule has 0 aromatic heterocycles. The van der Waals surface area contributed by atoms with Crippen LogP contribution in [-0.2, 0) is 17.6 Å². The number of hydrogen-bond acceptors (Lipinski definition) is 3. The molecule has 0 spiro atoms. The van der Waals surface area contributed by atoms with Crippen molar-refractivity contribution >= 4 is 5.91 Å². The van der Waals surface area contributed by atoms with Gasteiger partial charge in [-0.1, -0.05) is 6.07 Å². The molecule has 0 fully saturated rings. The topological polar surface area (TPSA) is 47.6 Å². The van der Waals surface area contributed by atoms with E-state index in [4.69, 9.17) is 9.47 Å². The maximum absolute atomic E-state index is 12.8. The van der Waals surface area contributed by atoms with E-state index in [0.29, 0.717) is 18.9 Å². The highest BCUT2D eigenvalue weighted by molar-refractivity contribution is 5.80. The van der Waals surface area contributed by atoms with E-state index in [0.717, 1.165) is 18.6 Å². The van der Waals surface area contributed by atoms with Gasteiger partial charge in [-0.05, 0) is 80.1 Å². The largest absolute Gasteiger partial charge is 0.492 e. The van der Waals surface area contributed by atoms with Gasteiger partial charge in [0.1, 0.15) is 23.9 Å². The molecule has 0 bridgehead atoms. The van der Waals surface area contributed by atoms with Crippen LogP contribution in [0.1, 0.15) is 30.9 Å². The van der Waals surface area contributed by atoms with Gasteiger partial charge < -0.3 is 14.8 Å². The predicted molar refractivity (Wildman–Crippen MR) is 98.1 cm³/mol. The second-order valence-corrected chi connectivity index (χ2v) is 6.49. The highest BCUT2D eigenvalue weighted by Crippen LogP contribution is 2.25. The average molecular weight is 357 g/mol. The van der Waals surface area contributed by atoms with Gasteiger partial charge in [-0.3, -0.25) is 4.79 Å². The van der Waals surface area contributed by atoms with Gasteiger partial charge >= 0.3 is 0 Å². The molecule has 1 aliphatic rings. The zero-order chi connectivity index (χ0) is 18.4. The van der Waals surface area contributed by atoms with E-state index in [-0.39, 0.29) is 11.7 Å². The Morgan fingerprint density at radius 1 is 1.08 bits per heavy atom. The van der Waals surface area contributed by atoms with Gasteiger partial charge in [0.05, 0.1) is 6.54 Å². The van der Waals surface area contributed by atoms with Crippen LogP contribution in [0, 0.1) is 5.82 Å². The first-order valence-corrected chi connectivity index (χ1v) is 9.06. The first-order valence-electron chi connectivity index (χ1n) is 9.06. The maximum atomic E-state index is 12.8. The lowest BCUT2D eigenvalue weighted by Crippen LogP contribution is -2.38. The monoisotopic (exact) mass is 357 g/mol. The molecule has 138 valence electrons. The molecule has 0 aliphatic heterocycles. The first kappa shape index (κ1) is 18.2. The third-order valence-electron chi connectivity index (χ3n) is 4.49. The summed E-state index contributed by atoms with van der Waals surface area (Å²) < 4.78 is 24.0. The Hall–Kier alpha value is -2.56. The molecule has 26 heavy (non-hydrogen) atoms.